The predicted molar refractivity (Wildman–Crippen MR) is 82.0 cm³/mol. The monoisotopic (exact) mass is 343 g/mol. The Morgan fingerprint density at radius 1 is 1.57 bits per heavy atom. The van der Waals surface area contributed by atoms with Crippen LogP contribution in [-0.2, 0) is 11.2 Å². The highest BCUT2D eigenvalue weighted by Crippen LogP contribution is 2.38. The molecule has 1 amide bonds. The van der Waals surface area contributed by atoms with Crippen molar-refractivity contribution >= 4 is 46.3 Å². The zero-order valence-corrected chi connectivity index (χ0v) is 13.2. The Labute approximate surface area is 133 Å². The molecular formula is C12H10ClN3O3S2. The van der Waals surface area contributed by atoms with Gasteiger partial charge in [0.25, 0.3) is 5.69 Å². The first-order chi connectivity index (χ1) is 9.86. The maximum atomic E-state index is 11.0. The number of benzene rings is 1. The van der Waals surface area contributed by atoms with E-state index in [1.165, 1.54) is 35.2 Å². The molecule has 2 aromatic rings. The number of aromatic nitrogens is 1. The Morgan fingerprint density at radius 2 is 2.29 bits per heavy atom. The number of carbonyl (C=O) groups excluding carboxylic acids is 1. The van der Waals surface area contributed by atoms with Crippen LogP contribution in [0.15, 0.2) is 27.4 Å². The second-order valence-corrected chi connectivity index (χ2v) is 6.89. The van der Waals surface area contributed by atoms with Gasteiger partial charge >= 0.3 is 0 Å². The molecule has 0 aliphatic carbocycles. The van der Waals surface area contributed by atoms with Crippen LogP contribution >= 0.6 is 34.7 Å². The summed E-state index contributed by atoms with van der Waals surface area (Å²) in [5.74, 6) is -0.410. The van der Waals surface area contributed by atoms with E-state index in [2.05, 4.69) is 4.98 Å². The van der Waals surface area contributed by atoms with Gasteiger partial charge in [0.05, 0.1) is 22.1 Å². The van der Waals surface area contributed by atoms with E-state index in [1.807, 2.05) is 0 Å². The lowest BCUT2D eigenvalue weighted by molar-refractivity contribution is -0.384. The summed E-state index contributed by atoms with van der Waals surface area (Å²) >= 11 is 8.69. The van der Waals surface area contributed by atoms with Gasteiger partial charge in [0, 0.05) is 21.9 Å². The van der Waals surface area contributed by atoms with Crippen LogP contribution in [0, 0.1) is 17.0 Å². The van der Waals surface area contributed by atoms with Crippen molar-refractivity contribution in [2.75, 3.05) is 0 Å². The molecule has 0 saturated carbocycles. The number of carbonyl (C=O) groups is 1. The van der Waals surface area contributed by atoms with Gasteiger partial charge in [-0.1, -0.05) is 23.4 Å². The summed E-state index contributed by atoms with van der Waals surface area (Å²) in [7, 11) is 0. The number of amides is 1. The minimum atomic E-state index is -0.501. The molecule has 0 fully saturated rings. The number of nitro benzene ring substituents is 1. The van der Waals surface area contributed by atoms with E-state index in [1.54, 1.807) is 13.0 Å². The number of nitro groups is 1. The fraction of sp³-hybridized carbons (Fsp3) is 0.167. The SMILES string of the molecule is Cc1nc(Sc2ccc([N+](=O)[O-])cc2Cl)sc1CC(N)=O. The number of halogens is 1. The molecule has 0 spiro atoms. The van der Waals surface area contributed by atoms with Crippen LogP contribution in [-0.4, -0.2) is 15.8 Å². The average Bonchev–Trinajstić information content (AvgIpc) is 2.71. The van der Waals surface area contributed by atoms with Crippen LogP contribution in [0.5, 0.6) is 0 Å². The number of aryl methyl sites for hydroxylation is 1. The van der Waals surface area contributed by atoms with Crippen LogP contribution in [0.2, 0.25) is 5.02 Å². The van der Waals surface area contributed by atoms with Crippen molar-refractivity contribution in [1.29, 1.82) is 0 Å². The van der Waals surface area contributed by atoms with Crippen molar-refractivity contribution in [1.82, 2.24) is 4.98 Å². The van der Waals surface area contributed by atoms with Gasteiger partial charge in [0.2, 0.25) is 5.91 Å². The van der Waals surface area contributed by atoms with Gasteiger partial charge < -0.3 is 5.73 Å². The van der Waals surface area contributed by atoms with Crippen molar-refractivity contribution in [2.45, 2.75) is 22.6 Å². The number of hydrogen-bond donors (Lipinski definition) is 1. The lowest BCUT2D eigenvalue weighted by Crippen LogP contribution is -2.13. The Bertz CT molecular complexity index is 718. The zero-order valence-electron chi connectivity index (χ0n) is 10.8. The highest BCUT2D eigenvalue weighted by atomic mass is 35.5. The largest absolute Gasteiger partial charge is 0.369 e. The lowest BCUT2D eigenvalue weighted by atomic mass is 10.3. The average molecular weight is 344 g/mol. The second-order valence-electron chi connectivity index (χ2n) is 4.11. The van der Waals surface area contributed by atoms with Gasteiger partial charge in [-0.05, 0) is 13.0 Å². The van der Waals surface area contributed by atoms with E-state index in [0.29, 0.717) is 14.3 Å². The van der Waals surface area contributed by atoms with Crippen molar-refractivity contribution in [3.63, 3.8) is 0 Å². The van der Waals surface area contributed by atoms with E-state index >= 15 is 0 Å². The number of rotatable bonds is 5. The van der Waals surface area contributed by atoms with Gasteiger partial charge in [-0.25, -0.2) is 4.98 Å². The number of hydrogen-bond acceptors (Lipinski definition) is 6. The molecule has 9 heteroatoms. The Balaban J connectivity index is 2.22. The first kappa shape index (κ1) is 15.7. The smallest absolute Gasteiger partial charge is 0.270 e. The van der Waals surface area contributed by atoms with Crippen LogP contribution < -0.4 is 5.73 Å². The van der Waals surface area contributed by atoms with Gasteiger partial charge in [0.15, 0.2) is 4.34 Å². The number of nitrogens with two attached hydrogens (primary N) is 1. The van der Waals surface area contributed by atoms with E-state index < -0.39 is 10.8 Å². The minimum absolute atomic E-state index is 0.0610. The number of primary amides is 1. The number of thiazole rings is 1. The van der Waals surface area contributed by atoms with Gasteiger partial charge in [-0.15, -0.1) is 11.3 Å². The standard InChI is InChI=1S/C12H10ClN3O3S2/c1-6-10(5-11(14)17)21-12(15-6)20-9-3-2-7(16(18)19)4-8(9)13/h2-4H,5H2,1H3,(H2,14,17). The van der Waals surface area contributed by atoms with E-state index in [9.17, 15) is 14.9 Å². The number of non-ortho nitro benzene ring substituents is 1. The van der Waals surface area contributed by atoms with Gasteiger partial charge in [-0.3, -0.25) is 14.9 Å². The molecule has 21 heavy (non-hydrogen) atoms. The predicted octanol–water partition coefficient (Wildman–Crippen LogP) is 3.19. The molecule has 0 saturated heterocycles. The maximum Gasteiger partial charge on any atom is 0.270 e. The Hall–Kier alpha value is -1.64. The topological polar surface area (TPSA) is 99.1 Å². The highest BCUT2D eigenvalue weighted by molar-refractivity contribution is 8.01. The van der Waals surface area contributed by atoms with E-state index in [4.69, 9.17) is 17.3 Å². The fourth-order valence-corrected chi connectivity index (χ4v) is 4.04. The highest BCUT2D eigenvalue weighted by Gasteiger charge is 2.14. The third-order valence-corrected chi connectivity index (χ3v) is 5.25. The molecule has 1 heterocycles. The zero-order chi connectivity index (χ0) is 15.6. The molecule has 0 bridgehead atoms. The van der Waals surface area contributed by atoms with Crippen molar-refractivity contribution < 1.29 is 9.72 Å². The van der Waals surface area contributed by atoms with Crippen LogP contribution in [0.25, 0.3) is 0 Å². The molecule has 0 radical (unpaired) electrons. The molecule has 0 atom stereocenters. The van der Waals surface area contributed by atoms with Crippen molar-refractivity contribution in [3.05, 3.63) is 43.9 Å². The molecule has 0 unspecified atom stereocenters. The van der Waals surface area contributed by atoms with Crippen LogP contribution in [0.1, 0.15) is 10.6 Å². The van der Waals surface area contributed by atoms with Gasteiger partial charge in [0.1, 0.15) is 0 Å². The number of nitrogens with zero attached hydrogens (tertiary/aromatic N) is 2. The first-order valence-corrected chi connectivity index (χ1v) is 7.74. The molecule has 2 rings (SSSR count). The molecule has 2 N–H and O–H groups in total. The Kier molecular flexibility index (Phi) is 4.81. The summed E-state index contributed by atoms with van der Waals surface area (Å²) < 4.78 is 0.708. The third-order valence-electron chi connectivity index (χ3n) is 2.53. The van der Waals surface area contributed by atoms with Crippen molar-refractivity contribution in [3.8, 4) is 0 Å². The quantitative estimate of drug-likeness (QED) is 0.663. The summed E-state index contributed by atoms with van der Waals surface area (Å²) in [5, 5.41) is 10.9. The summed E-state index contributed by atoms with van der Waals surface area (Å²) in [5.41, 5.74) is 5.86. The molecule has 110 valence electrons. The molecule has 1 aromatic heterocycles. The summed E-state index contributed by atoms with van der Waals surface area (Å²) in [6.07, 6.45) is 0.151. The molecule has 0 aliphatic heterocycles. The van der Waals surface area contributed by atoms with Crippen LogP contribution in [0.4, 0.5) is 5.69 Å². The fourth-order valence-electron chi connectivity index (χ4n) is 1.55. The molecule has 1 aromatic carbocycles. The van der Waals surface area contributed by atoms with Crippen molar-refractivity contribution in [2.24, 2.45) is 5.73 Å². The normalized spacial score (nSPS) is 10.6. The molecule has 6 nitrogen and oxygen atoms in total. The second kappa shape index (κ2) is 6.42. The first-order valence-electron chi connectivity index (χ1n) is 5.73. The van der Waals surface area contributed by atoms with E-state index in [-0.39, 0.29) is 12.1 Å². The maximum absolute atomic E-state index is 11.0. The van der Waals surface area contributed by atoms with Gasteiger partial charge in [-0.2, -0.15) is 0 Å². The summed E-state index contributed by atoms with van der Waals surface area (Å²) in [6.45, 7) is 1.80. The summed E-state index contributed by atoms with van der Waals surface area (Å²) in [6, 6.07) is 4.27. The molecule has 0 aliphatic rings. The van der Waals surface area contributed by atoms with E-state index in [0.717, 1.165) is 10.6 Å². The van der Waals surface area contributed by atoms with Crippen LogP contribution in [0.3, 0.4) is 0 Å². The summed E-state index contributed by atoms with van der Waals surface area (Å²) in [4.78, 5) is 26.9. The molecular weight excluding hydrogens is 334 g/mol. The third kappa shape index (κ3) is 3.93. The Morgan fingerprint density at radius 3 is 2.86 bits per heavy atom. The lowest BCUT2D eigenvalue weighted by Gasteiger charge is -2.00. The minimum Gasteiger partial charge on any atom is -0.369 e.